The molecule has 0 saturated carbocycles. The highest BCUT2D eigenvalue weighted by atomic mass is 16.6. The van der Waals surface area contributed by atoms with Gasteiger partial charge in [-0.2, -0.15) is 0 Å². The molecule has 0 bridgehead atoms. The van der Waals surface area contributed by atoms with Crippen LogP contribution in [0, 0.1) is 10.1 Å². The van der Waals surface area contributed by atoms with Crippen LogP contribution in [0.2, 0.25) is 0 Å². The molecule has 3 rings (SSSR count). The van der Waals surface area contributed by atoms with E-state index < -0.39 is 10.8 Å². The van der Waals surface area contributed by atoms with Gasteiger partial charge in [-0.1, -0.05) is 42.5 Å². The number of para-hydroxylation sites is 2. The lowest BCUT2D eigenvalue weighted by Gasteiger charge is -2.09. The SMILES string of the molecule is O=C(CCc1ccccc1)Nc1ccc(NC(=O)COc2ccccc2[N+](=O)[O-])cc1. The molecule has 0 aliphatic rings. The van der Waals surface area contributed by atoms with Crippen molar-refractivity contribution >= 4 is 28.9 Å². The summed E-state index contributed by atoms with van der Waals surface area (Å²) in [6.45, 7) is -0.372. The number of nitro groups is 1. The Hall–Kier alpha value is -4.20. The number of amides is 2. The molecular weight excluding hydrogens is 398 g/mol. The largest absolute Gasteiger partial charge is 0.477 e. The van der Waals surface area contributed by atoms with Gasteiger partial charge in [0.15, 0.2) is 12.4 Å². The smallest absolute Gasteiger partial charge is 0.310 e. The number of rotatable bonds is 9. The normalized spacial score (nSPS) is 10.2. The summed E-state index contributed by atoms with van der Waals surface area (Å²) in [4.78, 5) is 34.6. The van der Waals surface area contributed by atoms with E-state index in [0.717, 1.165) is 5.56 Å². The van der Waals surface area contributed by atoms with Gasteiger partial charge >= 0.3 is 5.69 Å². The molecule has 8 heteroatoms. The number of hydrogen-bond donors (Lipinski definition) is 2. The molecule has 0 aromatic heterocycles. The number of benzene rings is 3. The minimum Gasteiger partial charge on any atom is -0.477 e. The molecule has 0 spiro atoms. The van der Waals surface area contributed by atoms with E-state index in [9.17, 15) is 19.7 Å². The van der Waals surface area contributed by atoms with Crippen molar-refractivity contribution in [1.29, 1.82) is 0 Å². The summed E-state index contributed by atoms with van der Waals surface area (Å²) < 4.78 is 5.26. The number of nitro benzene ring substituents is 1. The molecule has 2 N–H and O–H groups in total. The average molecular weight is 419 g/mol. The monoisotopic (exact) mass is 419 g/mol. The summed E-state index contributed by atoms with van der Waals surface area (Å²) in [5.74, 6) is -0.535. The maximum atomic E-state index is 12.1. The number of aryl methyl sites for hydroxylation is 1. The van der Waals surface area contributed by atoms with E-state index in [0.29, 0.717) is 24.2 Å². The van der Waals surface area contributed by atoms with E-state index in [1.165, 1.54) is 18.2 Å². The molecule has 0 aliphatic heterocycles. The Morgan fingerprint density at radius 2 is 1.39 bits per heavy atom. The zero-order valence-corrected chi connectivity index (χ0v) is 16.6. The van der Waals surface area contributed by atoms with Crippen LogP contribution in [0.25, 0.3) is 0 Å². The highest BCUT2D eigenvalue weighted by molar-refractivity contribution is 5.93. The fourth-order valence-corrected chi connectivity index (χ4v) is 2.83. The van der Waals surface area contributed by atoms with Crippen LogP contribution < -0.4 is 15.4 Å². The predicted molar refractivity (Wildman–Crippen MR) is 117 cm³/mol. The Morgan fingerprint density at radius 1 is 0.806 bits per heavy atom. The number of anilines is 2. The zero-order chi connectivity index (χ0) is 22.1. The summed E-state index contributed by atoms with van der Waals surface area (Å²) in [6.07, 6.45) is 1.02. The van der Waals surface area contributed by atoms with Gasteiger partial charge in [-0.05, 0) is 42.3 Å². The second-order valence-electron chi connectivity index (χ2n) is 6.67. The second kappa shape index (κ2) is 10.5. The Labute approximate surface area is 179 Å². The summed E-state index contributed by atoms with van der Waals surface area (Å²) in [5, 5.41) is 16.4. The van der Waals surface area contributed by atoms with Crippen LogP contribution in [0.1, 0.15) is 12.0 Å². The molecule has 0 unspecified atom stereocenters. The number of hydrogen-bond acceptors (Lipinski definition) is 5. The number of nitrogens with zero attached hydrogens (tertiary/aromatic N) is 1. The van der Waals surface area contributed by atoms with Crippen molar-refractivity contribution in [3.05, 3.63) is 94.5 Å². The van der Waals surface area contributed by atoms with Crippen molar-refractivity contribution in [3.63, 3.8) is 0 Å². The predicted octanol–water partition coefficient (Wildman–Crippen LogP) is 4.18. The molecule has 2 amide bonds. The molecule has 158 valence electrons. The molecule has 0 radical (unpaired) electrons. The first-order valence-electron chi connectivity index (χ1n) is 9.61. The van der Waals surface area contributed by atoms with Gasteiger partial charge in [0.05, 0.1) is 4.92 Å². The number of carbonyl (C=O) groups excluding carboxylic acids is 2. The Balaban J connectivity index is 1.46. The first kappa shape index (κ1) is 21.5. The highest BCUT2D eigenvalue weighted by Gasteiger charge is 2.15. The lowest BCUT2D eigenvalue weighted by atomic mass is 10.1. The van der Waals surface area contributed by atoms with Gasteiger partial charge in [-0.25, -0.2) is 0 Å². The van der Waals surface area contributed by atoms with Crippen molar-refractivity contribution in [2.45, 2.75) is 12.8 Å². The van der Waals surface area contributed by atoms with Crippen LogP contribution in [0.3, 0.4) is 0 Å². The summed E-state index contributed by atoms with van der Waals surface area (Å²) in [5.41, 5.74) is 2.02. The van der Waals surface area contributed by atoms with Gasteiger partial charge in [-0.3, -0.25) is 19.7 Å². The van der Waals surface area contributed by atoms with E-state index in [2.05, 4.69) is 10.6 Å². The molecular formula is C23H21N3O5. The Morgan fingerprint density at radius 3 is 2.03 bits per heavy atom. The maximum Gasteiger partial charge on any atom is 0.310 e. The quantitative estimate of drug-likeness (QED) is 0.399. The third-order valence-corrected chi connectivity index (χ3v) is 4.36. The Bertz CT molecular complexity index is 1050. The van der Waals surface area contributed by atoms with Gasteiger partial charge in [0, 0.05) is 23.9 Å². The highest BCUT2D eigenvalue weighted by Crippen LogP contribution is 2.25. The number of ether oxygens (including phenoxy) is 1. The minimum atomic E-state index is -0.569. The van der Waals surface area contributed by atoms with E-state index in [4.69, 9.17) is 4.74 Å². The van der Waals surface area contributed by atoms with Crippen LogP contribution in [0.5, 0.6) is 5.75 Å². The van der Waals surface area contributed by atoms with Crippen molar-refractivity contribution in [3.8, 4) is 5.75 Å². The number of nitrogens with one attached hydrogen (secondary N) is 2. The van der Waals surface area contributed by atoms with Crippen molar-refractivity contribution in [2.24, 2.45) is 0 Å². The summed E-state index contributed by atoms with van der Waals surface area (Å²) in [6, 6.07) is 22.3. The molecule has 0 fully saturated rings. The molecule has 3 aromatic rings. The minimum absolute atomic E-state index is 0.0243. The van der Waals surface area contributed by atoms with Crippen molar-refractivity contribution in [1.82, 2.24) is 0 Å². The average Bonchev–Trinajstić information content (AvgIpc) is 2.78. The molecule has 0 aliphatic carbocycles. The van der Waals surface area contributed by atoms with Crippen LogP contribution >= 0.6 is 0 Å². The third-order valence-electron chi connectivity index (χ3n) is 4.36. The number of carbonyl (C=O) groups is 2. The van der Waals surface area contributed by atoms with E-state index in [-0.39, 0.29) is 24.0 Å². The Kier molecular flexibility index (Phi) is 7.31. The first-order valence-corrected chi connectivity index (χ1v) is 9.61. The second-order valence-corrected chi connectivity index (χ2v) is 6.67. The molecule has 0 heterocycles. The molecule has 0 atom stereocenters. The van der Waals surface area contributed by atoms with Gasteiger partial charge in [0.1, 0.15) is 0 Å². The van der Waals surface area contributed by atoms with Crippen LogP contribution in [0.15, 0.2) is 78.9 Å². The van der Waals surface area contributed by atoms with Gasteiger partial charge in [-0.15, -0.1) is 0 Å². The maximum absolute atomic E-state index is 12.1. The molecule has 0 saturated heterocycles. The van der Waals surface area contributed by atoms with Crippen molar-refractivity contribution < 1.29 is 19.2 Å². The van der Waals surface area contributed by atoms with Crippen LogP contribution in [0.4, 0.5) is 17.1 Å². The summed E-state index contributed by atoms with van der Waals surface area (Å²) in [7, 11) is 0. The topological polar surface area (TPSA) is 111 Å². The standard InChI is InChI=1S/C23H21N3O5/c27-22(15-10-17-6-2-1-3-7-17)24-18-11-13-19(14-12-18)25-23(28)16-31-21-9-5-4-8-20(21)26(29)30/h1-9,11-14H,10,15-16H2,(H,24,27)(H,25,28). The molecule has 8 nitrogen and oxygen atoms in total. The van der Waals surface area contributed by atoms with Gasteiger partial charge in [0.2, 0.25) is 5.91 Å². The lowest BCUT2D eigenvalue weighted by molar-refractivity contribution is -0.385. The lowest BCUT2D eigenvalue weighted by Crippen LogP contribution is -2.20. The third kappa shape index (κ3) is 6.67. The van der Waals surface area contributed by atoms with Crippen LogP contribution in [-0.4, -0.2) is 23.3 Å². The fourth-order valence-electron chi connectivity index (χ4n) is 2.83. The van der Waals surface area contributed by atoms with Crippen LogP contribution in [-0.2, 0) is 16.0 Å². The van der Waals surface area contributed by atoms with E-state index >= 15 is 0 Å². The van der Waals surface area contributed by atoms with Gasteiger partial charge < -0.3 is 15.4 Å². The summed E-state index contributed by atoms with van der Waals surface area (Å²) >= 11 is 0. The van der Waals surface area contributed by atoms with Gasteiger partial charge in [0.25, 0.3) is 5.91 Å². The molecule has 31 heavy (non-hydrogen) atoms. The van der Waals surface area contributed by atoms with E-state index in [1.54, 1.807) is 30.3 Å². The van der Waals surface area contributed by atoms with Crippen molar-refractivity contribution in [2.75, 3.05) is 17.2 Å². The fraction of sp³-hybridized carbons (Fsp3) is 0.130. The zero-order valence-electron chi connectivity index (χ0n) is 16.6. The van der Waals surface area contributed by atoms with E-state index in [1.807, 2.05) is 30.3 Å². The first-order chi connectivity index (χ1) is 15.0. The molecule has 3 aromatic carbocycles.